The number of amides is 1. The number of H-pyrrole nitrogens is 1. The summed E-state index contributed by atoms with van der Waals surface area (Å²) in [7, 11) is 0. The van der Waals surface area contributed by atoms with Gasteiger partial charge in [0.1, 0.15) is 11.1 Å². The summed E-state index contributed by atoms with van der Waals surface area (Å²) >= 11 is 1.39. The Labute approximate surface area is 187 Å². The first kappa shape index (κ1) is 20.0. The maximum Gasteiger partial charge on any atom is 0.338 e. The Morgan fingerprint density at radius 1 is 1.25 bits per heavy atom. The first-order valence-electron chi connectivity index (χ1n) is 10.1. The Kier molecular flexibility index (Phi) is 4.96. The summed E-state index contributed by atoms with van der Waals surface area (Å²) in [6, 6.07) is 15.3. The minimum Gasteiger partial charge on any atom is -0.449 e. The van der Waals surface area contributed by atoms with Gasteiger partial charge in [-0.15, -0.1) is 11.3 Å². The molecule has 0 spiro atoms. The van der Waals surface area contributed by atoms with Gasteiger partial charge in [-0.2, -0.15) is 5.26 Å². The van der Waals surface area contributed by atoms with Gasteiger partial charge in [0.15, 0.2) is 6.10 Å². The quantitative estimate of drug-likeness (QED) is 0.454. The second-order valence-corrected chi connectivity index (χ2v) is 8.57. The molecule has 7 nitrogen and oxygen atoms in total. The van der Waals surface area contributed by atoms with E-state index < -0.39 is 18.0 Å². The van der Waals surface area contributed by atoms with Crippen molar-refractivity contribution in [3.05, 3.63) is 71.0 Å². The van der Waals surface area contributed by atoms with Gasteiger partial charge in [-0.05, 0) is 54.7 Å². The summed E-state index contributed by atoms with van der Waals surface area (Å²) in [5.74, 6) is -1.09. The van der Waals surface area contributed by atoms with Crippen molar-refractivity contribution in [3.8, 4) is 16.5 Å². The number of rotatable bonds is 4. The van der Waals surface area contributed by atoms with Gasteiger partial charge in [0, 0.05) is 4.88 Å². The van der Waals surface area contributed by atoms with Crippen LogP contribution in [0.4, 0.5) is 5.00 Å². The first-order valence-corrected chi connectivity index (χ1v) is 11.0. The molecule has 4 aromatic rings. The van der Waals surface area contributed by atoms with Gasteiger partial charge in [0.2, 0.25) is 0 Å². The van der Waals surface area contributed by atoms with Crippen molar-refractivity contribution in [3.63, 3.8) is 0 Å². The van der Waals surface area contributed by atoms with E-state index in [1.807, 2.05) is 18.2 Å². The molecule has 0 fully saturated rings. The summed E-state index contributed by atoms with van der Waals surface area (Å²) in [6.45, 7) is 1.51. The molecule has 1 unspecified atom stereocenters. The molecular weight excluding hydrogens is 424 g/mol. The number of benzene rings is 2. The van der Waals surface area contributed by atoms with Crippen LogP contribution >= 0.6 is 11.3 Å². The van der Waals surface area contributed by atoms with Gasteiger partial charge >= 0.3 is 5.97 Å². The number of carbonyl (C=O) groups is 2. The molecule has 8 heteroatoms. The standard InChI is InChI=1S/C24H18N4O3S/c1-13(31-24(30)15-7-9-19-20(10-15)27-12-26-19)22(29)28-23-18(11-25)17-8-6-14-4-2-3-5-16(14)21(17)32-23/h2-5,7,9-10,12-13H,6,8H2,1H3,(H,26,27)(H,28,29). The monoisotopic (exact) mass is 442 g/mol. The van der Waals surface area contributed by atoms with Crippen LogP contribution in [0, 0.1) is 11.3 Å². The molecule has 1 amide bonds. The third-order valence-electron chi connectivity index (χ3n) is 5.57. The van der Waals surface area contributed by atoms with Crippen LogP contribution in [0.25, 0.3) is 21.5 Å². The van der Waals surface area contributed by atoms with Crippen molar-refractivity contribution in [2.45, 2.75) is 25.9 Å². The number of aryl methyl sites for hydroxylation is 1. The van der Waals surface area contributed by atoms with Crippen molar-refractivity contribution in [1.82, 2.24) is 9.97 Å². The number of thiophene rings is 1. The first-order chi connectivity index (χ1) is 15.5. The van der Waals surface area contributed by atoms with Crippen molar-refractivity contribution >= 4 is 39.2 Å². The Morgan fingerprint density at radius 2 is 2.09 bits per heavy atom. The molecule has 1 atom stereocenters. The highest BCUT2D eigenvalue weighted by Gasteiger charge is 2.27. The predicted octanol–water partition coefficient (Wildman–Crippen LogP) is 4.45. The number of anilines is 1. The number of ether oxygens (including phenoxy) is 1. The number of aromatic amines is 1. The van der Waals surface area contributed by atoms with Crippen molar-refractivity contribution in [2.24, 2.45) is 0 Å². The van der Waals surface area contributed by atoms with E-state index in [9.17, 15) is 14.9 Å². The van der Waals surface area contributed by atoms with E-state index in [-0.39, 0.29) is 0 Å². The SMILES string of the molecule is CC(OC(=O)c1ccc2nc[nH]c2c1)C(=O)Nc1sc2c(c1C#N)CCc1ccccc1-2. The third-order valence-corrected chi connectivity index (χ3v) is 6.75. The fourth-order valence-electron chi connectivity index (χ4n) is 3.91. The van der Waals surface area contributed by atoms with Crippen molar-refractivity contribution in [1.29, 1.82) is 5.26 Å². The van der Waals surface area contributed by atoms with Gasteiger partial charge in [0.25, 0.3) is 5.91 Å². The van der Waals surface area contributed by atoms with Gasteiger partial charge in [-0.1, -0.05) is 24.3 Å². The van der Waals surface area contributed by atoms with E-state index in [1.54, 1.807) is 24.5 Å². The Hall–Kier alpha value is -3.96. The normalized spacial score (nSPS) is 13.0. The number of nitrogens with one attached hydrogen (secondary N) is 2. The Balaban J connectivity index is 1.34. The zero-order valence-corrected chi connectivity index (χ0v) is 18.0. The summed E-state index contributed by atoms with van der Waals surface area (Å²) in [5, 5.41) is 13.0. The largest absolute Gasteiger partial charge is 0.449 e. The van der Waals surface area contributed by atoms with Crippen LogP contribution in [0.5, 0.6) is 0 Å². The number of carbonyl (C=O) groups excluding carboxylic acids is 2. The smallest absolute Gasteiger partial charge is 0.338 e. The zero-order chi connectivity index (χ0) is 22.2. The van der Waals surface area contributed by atoms with E-state index in [4.69, 9.17) is 4.74 Å². The molecule has 0 bridgehead atoms. The minimum atomic E-state index is -1.03. The van der Waals surface area contributed by atoms with Crippen molar-refractivity contribution in [2.75, 3.05) is 5.32 Å². The van der Waals surface area contributed by atoms with Crippen molar-refractivity contribution < 1.29 is 14.3 Å². The summed E-state index contributed by atoms with van der Waals surface area (Å²) in [4.78, 5) is 33.3. The molecule has 1 aliphatic carbocycles. The van der Waals surface area contributed by atoms with Crippen LogP contribution < -0.4 is 5.32 Å². The summed E-state index contributed by atoms with van der Waals surface area (Å²) < 4.78 is 5.36. The molecule has 5 rings (SSSR count). The summed E-state index contributed by atoms with van der Waals surface area (Å²) in [5.41, 5.74) is 5.55. The highest BCUT2D eigenvalue weighted by Crippen LogP contribution is 2.44. The highest BCUT2D eigenvalue weighted by molar-refractivity contribution is 7.20. The molecule has 0 aliphatic heterocycles. The second-order valence-electron chi connectivity index (χ2n) is 7.55. The molecule has 158 valence electrons. The molecule has 2 aromatic carbocycles. The van der Waals surface area contributed by atoms with Gasteiger partial charge in [-0.25, -0.2) is 9.78 Å². The number of nitrogens with zero attached hydrogens (tertiary/aromatic N) is 2. The maximum atomic E-state index is 12.8. The number of fused-ring (bicyclic) bond motifs is 4. The molecule has 2 heterocycles. The minimum absolute atomic E-state index is 0.322. The average Bonchev–Trinajstić information content (AvgIpc) is 3.42. The lowest BCUT2D eigenvalue weighted by atomic mass is 9.90. The topological polar surface area (TPSA) is 108 Å². The molecule has 2 aromatic heterocycles. The van der Waals surface area contributed by atoms with Gasteiger partial charge < -0.3 is 15.0 Å². The van der Waals surface area contributed by atoms with Crippen LogP contribution in [-0.2, 0) is 22.4 Å². The lowest BCUT2D eigenvalue weighted by Crippen LogP contribution is -2.30. The number of aromatic nitrogens is 2. The second kappa shape index (κ2) is 7.94. The maximum absolute atomic E-state index is 12.8. The molecular formula is C24H18N4O3S. The zero-order valence-electron chi connectivity index (χ0n) is 17.1. The Morgan fingerprint density at radius 3 is 2.94 bits per heavy atom. The van der Waals surface area contributed by atoms with Crippen LogP contribution in [0.3, 0.4) is 0 Å². The molecule has 0 radical (unpaired) electrons. The molecule has 0 saturated heterocycles. The molecule has 1 aliphatic rings. The molecule has 0 saturated carbocycles. The molecule has 32 heavy (non-hydrogen) atoms. The van der Waals surface area contributed by atoms with E-state index >= 15 is 0 Å². The highest BCUT2D eigenvalue weighted by atomic mass is 32.1. The van der Waals surface area contributed by atoms with E-state index in [0.29, 0.717) is 21.6 Å². The summed E-state index contributed by atoms with van der Waals surface area (Å²) in [6.07, 6.45) is 2.12. The van der Waals surface area contributed by atoms with Gasteiger partial charge in [-0.3, -0.25) is 4.79 Å². The van der Waals surface area contributed by atoms with Crippen LogP contribution in [0.2, 0.25) is 0 Å². The van der Waals surface area contributed by atoms with Crippen LogP contribution in [-0.4, -0.2) is 27.9 Å². The van der Waals surface area contributed by atoms with E-state index in [1.165, 1.54) is 23.8 Å². The number of esters is 1. The van der Waals surface area contributed by atoms with Crippen LogP contribution in [0.1, 0.15) is 34.0 Å². The van der Waals surface area contributed by atoms with E-state index in [0.717, 1.165) is 34.4 Å². The van der Waals surface area contributed by atoms with E-state index in [2.05, 4.69) is 27.4 Å². The van der Waals surface area contributed by atoms with Crippen LogP contribution in [0.15, 0.2) is 48.8 Å². The lowest BCUT2D eigenvalue weighted by molar-refractivity contribution is -0.123. The number of hydrogen-bond donors (Lipinski definition) is 2. The molecule has 2 N–H and O–H groups in total. The fraction of sp³-hybridized carbons (Fsp3) is 0.167. The number of imidazole rings is 1. The third kappa shape index (κ3) is 3.43. The predicted molar refractivity (Wildman–Crippen MR) is 121 cm³/mol. The Bertz CT molecular complexity index is 1410. The lowest BCUT2D eigenvalue weighted by Gasteiger charge is -2.15. The number of hydrogen-bond acceptors (Lipinski definition) is 6. The fourth-order valence-corrected chi connectivity index (χ4v) is 5.17. The van der Waals surface area contributed by atoms with Gasteiger partial charge in [0.05, 0.1) is 28.5 Å². The average molecular weight is 443 g/mol. The number of nitriles is 1.